The van der Waals surface area contributed by atoms with Gasteiger partial charge in [-0.25, -0.2) is 8.78 Å². The van der Waals surface area contributed by atoms with Crippen molar-refractivity contribution in [2.45, 2.75) is 25.3 Å². The lowest BCUT2D eigenvalue weighted by molar-refractivity contribution is 0.617. The van der Waals surface area contributed by atoms with E-state index in [2.05, 4.69) is 0 Å². The molecule has 0 bridgehead atoms. The molecule has 1 aromatic carbocycles. The zero-order chi connectivity index (χ0) is 16.8. The topological polar surface area (TPSA) is 47.5 Å². The van der Waals surface area contributed by atoms with Gasteiger partial charge in [0.2, 0.25) is 0 Å². The molecule has 2 aromatic heterocycles. The average Bonchev–Trinajstić information content (AvgIpc) is 3.39. The van der Waals surface area contributed by atoms with Crippen LogP contribution in [0.5, 0.6) is 0 Å². The molecule has 1 fully saturated rings. The van der Waals surface area contributed by atoms with Crippen molar-refractivity contribution in [3.8, 4) is 11.1 Å². The number of rotatable bonds is 3. The molecule has 0 amide bonds. The molecule has 24 heavy (non-hydrogen) atoms. The smallest absolute Gasteiger partial charge is 0.263 e. The van der Waals surface area contributed by atoms with Gasteiger partial charge in [0, 0.05) is 12.7 Å². The molecule has 0 unspecified atom stereocenters. The van der Waals surface area contributed by atoms with Crippen LogP contribution in [0.25, 0.3) is 16.6 Å². The Morgan fingerprint density at radius 1 is 1.12 bits per heavy atom. The molecule has 2 heterocycles. The van der Waals surface area contributed by atoms with Crippen LogP contribution >= 0.6 is 0 Å². The third-order valence-electron chi connectivity index (χ3n) is 4.55. The first-order valence-electron chi connectivity index (χ1n) is 7.93. The number of benzene rings is 1. The van der Waals surface area contributed by atoms with Gasteiger partial charge in [0.15, 0.2) is 0 Å². The van der Waals surface area contributed by atoms with E-state index in [4.69, 9.17) is 5.73 Å². The maximum Gasteiger partial charge on any atom is 0.263 e. The second-order valence-electron chi connectivity index (χ2n) is 6.16. The molecule has 122 valence electrons. The third-order valence-corrected chi connectivity index (χ3v) is 4.55. The van der Waals surface area contributed by atoms with Gasteiger partial charge >= 0.3 is 0 Å². The van der Waals surface area contributed by atoms with Gasteiger partial charge in [-0.05, 0) is 59.7 Å². The Kier molecular flexibility index (Phi) is 3.46. The van der Waals surface area contributed by atoms with Gasteiger partial charge in [-0.3, -0.25) is 9.20 Å². The highest BCUT2D eigenvalue weighted by Crippen LogP contribution is 2.45. The van der Waals surface area contributed by atoms with Gasteiger partial charge in [-0.2, -0.15) is 0 Å². The Balaban J connectivity index is 2.16. The van der Waals surface area contributed by atoms with Crippen molar-refractivity contribution in [1.82, 2.24) is 4.40 Å². The molecule has 1 saturated carbocycles. The highest BCUT2D eigenvalue weighted by Gasteiger charge is 2.31. The predicted octanol–water partition coefficient (Wildman–Crippen LogP) is 3.58. The molecule has 2 N–H and O–H groups in total. The molecule has 0 radical (unpaired) electrons. The first kappa shape index (κ1) is 15.0. The maximum absolute atomic E-state index is 13.7. The largest absolute Gasteiger partial charge is 0.326 e. The summed E-state index contributed by atoms with van der Waals surface area (Å²) in [5, 5.41) is 0. The molecule has 0 atom stereocenters. The Hall–Kier alpha value is -2.53. The molecule has 1 aliphatic carbocycles. The van der Waals surface area contributed by atoms with Crippen LogP contribution in [0.2, 0.25) is 0 Å². The van der Waals surface area contributed by atoms with Crippen LogP contribution in [0, 0.1) is 11.6 Å². The minimum absolute atomic E-state index is 0.181. The highest BCUT2D eigenvalue weighted by atomic mass is 19.1. The average molecular weight is 326 g/mol. The number of pyridine rings is 2. The Bertz CT molecular complexity index is 1010. The molecule has 1 aliphatic rings. The van der Waals surface area contributed by atoms with Gasteiger partial charge < -0.3 is 5.73 Å². The lowest BCUT2D eigenvalue weighted by atomic mass is 9.93. The van der Waals surface area contributed by atoms with Crippen molar-refractivity contribution in [1.29, 1.82) is 0 Å². The highest BCUT2D eigenvalue weighted by molar-refractivity contribution is 5.74. The summed E-state index contributed by atoms with van der Waals surface area (Å²) in [4.78, 5) is 13.0. The van der Waals surface area contributed by atoms with Gasteiger partial charge in [0.1, 0.15) is 11.6 Å². The van der Waals surface area contributed by atoms with E-state index in [1.165, 1.54) is 28.8 Å². The Morgan fingerprint density at radius 2 is 1.92 bits per heavy atom. The Morgan fingerprint density at radius 3 is 2.58 bits per heavy atom. The normalized spacial score (nSPS) is 14.3. The van der Waals surface area contributed by atoms with Crippen LogP contribution in [0.3, 0.4) is 0 Å². The zero-order valence-electron chi connectivity index (χ0n) is 12.9. The second-order valence-corrected chi connectivity index (χ2v) is 6.16. The fraction of sp³-hybridized carbons (Fsp3) is 0.211. The van der Waals surface area contributed by atoms with Crippen LogP contribution in [-0.4, -0.2) is 4.40 Å². The molecule has 5 heteroatoms. The first-order valence-corrected chi connectivity index (χ1v) is 7.93. The van der Waals surface area contributed by atoms with E-state index < -0.39 is 11.6 Å². The van der Waals surface area contributed by atoms with E-state index in [9.17, 15) is 13.6 Å². The SMILES string of the molecule is NCc1c(-c2cccc(F)c2)c(=O)n2cc(F)ccc2c1C1CC1. The lowest BCUT2D eigenvalue weighted by Gasteiger charge is -2.17. The Labute approximate surface area is 137 Å². The number of nitrogens with zero attached hydrogens (tertiary/aromatic N) is 1. The van der Waals surface area contributed by atoms with Crippen molar-refractivity contribution in [2.24, 2.45) is 5.73 Å². The fourth-order valence-electron chi connectivity index (χ4n) is 3.38. The molecule has 0 spiro atoms. The van der Waals surface area contributed by atoms with Crippen molar-refractivity contribution in [2.75, 3.05) is 0 Å². The summed E-state index contributed by atoms with van der Waals surface area (Å²) >= 11 is 0. The first-order chi connectivity index (χ1) is 11.6. The molecule has 0 saturated heterocycles. The molecular formula is C19H16F2N2O. The maximum atomic E-state index is 13.7. The second kappa shape index (κ2) is 5.53. The van der Waals surface area contributed by atoms with Crippen molar-refractivity contribution >= 4 is 5.52 Å². The summed E-state index contributed by atoms with van der Waals surface area (Å²) in [5.41, 5.74) is 8.83. The molecule has 0 aliphatic heterocycles. The molecular weight excluding hydrogens is 310 g/mol. The van der Waals surface area contributed by atoms with Crippen molar-refractivity contribution in [3.63, 3.8) is 0 Å². The number of nitrogens with two attached hydrogens (primary N) is 1. The molecule has 3 nitrogen and oxygen atoms in total. The summed E-state index contributed by atoms with van der Waals surface area (Å²) in [5.74, 6) is -0.596. The molecule has 4 rings (SSSR count). The van der Waals surface area contributed by atoms with Crippen LogP contribution in [0.4, 0.5) is 8.78 Å². The fourth-order valence-corrected chi connectivity index (χ4v) is 3.38. The summed E-state index contributed by atoms with van der Waals surface area (Å²) in [6.07, 6.45) is 3.22. The van der Waals surface area contributed by atoms with E-state index in [0.717, 1.165) is 24.0 Å². The number of hydrogen-bond donors (Lipinski definition) is 1. The van der Waals surface area contributed by atoms with E-state index in [1.807, 2.05) is 0 Å². The van der Waals surface area contributed by atoms with Crippen LogP contribution in [-0.2, 0) is 6.54 Å². The van der Waals surface area contributed by atoms with E-state index >= 15 is 0 Å². The number of halogens is 2. The predicted molar refractivity (Wildman–Crippen MR) is 88.9 cm³/mol. The van der Waals surface area contributed by atoms with Gasteiger partial charge in [0.25, 0.3) is 5.56 Å². The van der Waals surface area contributed by atoms with Crippen molar-refractivity contribution in [3.05, 3.63) is 75.7 Å². The number of hydrogen-bond acceptors (Lipinski definition) is 2. The van der Waals surface area contributed by atoms with Crippen LogP contribution in [0.1, 0.15) is 29.9 Å². The minimum Gasteiger partial charge on any atom is -0.326 e. The summed E-state index contributed by atoms with van der Waals surface area (Å²) in [6.45, 7) is 0.181. The third kappa shape index (κ3) is 2.32. The van der Waals surface area contributed by atoms with Gasteiger partial charge in [0.05, 0.1) is 11.1 Å². The number of aromatic nitrogens is 1. The van der Waals surface area contributed by atoms with E-state index in [0.29, 0.717) is 22.6 Å². The summed E-state index contributed by atoms with van der Waals surface area (Å²) in [6, 6.07) is 8.86. The molecule has 3 aromatic rings. The van der Waals surface area contributed by atoms with E-state index in [-0.39, 0.29) is 12.1 Å². The quantitative estimate of drug-likeness (QED) is 0.800. The van der Waals surface area contributed by atoms with Gasteiger partial charge in [-0.15, -0.1) is 0 Å². The van der Waals surface area contributed by atoms with Gasteiger partial charge in [-0.1, -0.05) is 12.1 Å². The summed E-state index contributed by atoms with van der Waals surface area (Å²) in [7, 11) is 0. The summed E-state index contributed by atoms with van der Waals surface area (Å²) < 4.78 is 28.7. The monoisotopic (exact) mass is 326 g/mol. The zero-order valence-corrected chi connectivity index (χ0v) is 12.9. The van der Waals surface area contributed by atoms with Crippen molar-refractivity contribution < 1.29 is 8.78 Å². The standard InChI is InChI=1S/C19H16F2N2O/c20-13-3-1-2-12(8-13)18-15(9-22)17(11-4-5-11)16-7-6-14(21)10-23(16)19(18)24/h1-3,6-8,10-11H,4-5,9,22H2. The van der Waals surface area contributed by atoms with Crippen LogP contribution in [0.15, 0.2) is 47.4 Å². The minimum atomic E-state index is -0.489. The number of fused-ring (bicyclic) bond motifs is 1. The van der Waals surface area contributed by atoms with Crippen LogP contribution < -0.4 is 11.3 Å². The lowest BCUT2D eigenvalue weighted by Crippen LogP contribution is -2.22. The van der Waals surface area contributed by atoms with E-state index in [1.54, 1.807) is 18.2 Å².